The zero-order chi connectivity index (χ0) is 10.7. The van der Waals surface area contributed by atoms with Crippen LogP contribution in [0.2, 0.25) is 0 Å². The van der Waals surface area contributed by atoms with Crippen LogP contribution in [0.25, 0.3) is 0 Å². The van der Waals surface area contributed by atoms with Crippen molar-refractivity contribution in [3.8, 4) is 17.6 Å². The molecule has 1 rings (SSSR count). The van der Waals surface area contributed by atoms with Crippen LogP contribution in [-0.2, 0) is 0 Å². The number of phenolic OH excluding ortho intramolecular Hbond substituents is 1. The number of rotatable bonds is 2. The van der Waals surface area contributed by atoms with Crippen molar-refractivity contribution in [2.45, 2.75) is 6.92 Å². The summed E-state index contributed by atoms with van der Waals surface area (Å²) in [4.78, 5) is 11.1. The Kier molecular flexibility index (Phi) is 2.73. The Morgan fingerprint density at radius 2 is 2.21 bits per heavy atom. The quantitative estimate of drug-likeness (QED) is 0.718. The number of ketones is 1. The topological polar surface area (TPSA) is 70.3 Å². The van der Waals surface area contributed by atoms with Crippen LogP contribution in [0.15, 0.2) is 12.1 Å². The Balaban J connectivity index is 3.53. The van der Waals surface area contributed by atoms with Crippen molar-refractivity contribution in [3.05, 3.63) is 23.3 Å². The Hall–Kier alpha value is -2.02. The number of Topliss-reactive ketones (excluding diaryl/α,β-unsaturated/α-hetero) is 1. The molecule has 14 heavy (non-hydrogen) atoms. The lowest BCUT2D eigenvalue weighted by atomic mass is 10.0. The van der Waals surface area contributed by atoms with Gasteiger partial charge in [-0.05, 0) is 19.1 Å². The number of carbonyl (C=O) groups excluding carboxylic acids is 1. The van der Waals surface area contributed by atoms with E-state index in [0.29, 0.717) is 0 Å². The summed E-state index contributed by atoms with van der Waals surface area (Å²) < 4.78 is 4.90. The fraction of sp³-hybridized carbons (Fsp3) is 0.200. The summed E-state index contributed by atoms with van der Waals surface area (Å²) >= 11 is 0. The van der Waals surface area contributed by atoms with E-state index in [9.17, 15) is 9.90 Å². The number of hydrogen-bond donors (Lipinski definition) is 1. The molecule has 4 nitrogen and oxygen atoms in total. The molecule has 0 atom stereocenters. The summed E-state index contributed by atoms with van der Waals surface area (Å²) in [7, 11) is 1.40. The maximum atomic E-state index is 11.1. The molecule has 0 spiro atoms. The minimum absolute atomic E-state index is 0.00634. The second-order valence-corrected chi connectivity index (χ2v) is 2.70. The lowest BCUT2D eigenvalue weighted by Crippen LogP contribution is -2.00. The Labute approximate surface area is 81.4 Å². The highest BCUT2D eigenvalue weighted by Crippen LogP contribution is 2.29. The van der Waals surface area contributed by atoms with Gasteiger partial charge in [0.15, 0.2) is 5.78 Å². The standard InChI is InChI=1S/C10H9NO3/c1-6(12)10-7(5-11)9(14-2)4-3-8(10)13/h3-4,13H,1-2H3. The van der Waals surface area contributed by atoms with Crippen LogP contribution in [0.1, 0.15) is 22.8 Å². The molecule has 1 aromatic rings. The highest BCUT2D eigenvalue weighted by Gasteiger charge is 2.16. The summed E-state index contributed by atoms with van der Waals surface area (Å²) in [5, 5.41) is 18.2. The molecule has 0 aromatic heterocycles. The lowest BCUT2D eigenvalue weighted by Gasteiger charge is -2.07. The van der Waals surface area contributed by atoms with Crippen molar-refractivity contribution in [1.29, 1.82) is 5.26 Å². The number of carbonyl (C=O) groups is 1. The lowest BCUT2D eigenvalue weighted by molar-refractivity contribution is 0.101. The van der Waals surface area contributed by atoms with Gasteiger partial charge in [-0.1, -0.05) is 0 Å². The Bertz CT molecular complexity index is 418. The smallest absolute Gasteiger partial charge is 0.165 e. The van der Waals surface area contributed by atoms with E-state index in [1.54, 1.807) is 0 Å². The van der Waals surface area contributed by atoms with Crippen molar-refractivity contribution in [3.63, 3.8) is 0 Å². The van der Waals surface area contributed by atoms with Crippen LogP contribution in [0, 0.1) is 11.3 Å². The van der Waals surface area contributed by atoms with E-state index in [1.807, 2.05) is 6.07 Å². The average molecular weight is 191 g/mol. The Morgan fingerprint density at radius 3 is 2.64 bits per heavy atom. The van der Waals surface area contributed by atoms with Crippen LogP contribution in [0.3, 0.4) is 0 Å². The van der Waals surface area contributed by atoms with E-state index in [0.717, 1.165) is 0 Å². The minimum Gasteiger partial charge on any atom is -0.507 e. The van der Waals surface area contributed by atoms with Gasteiger partial charge in [0, 0.05) is 0 Å². The highest BCUT2D eigenvalue weighted by atomic mass is 16.5. The number of benzene rings is 1. The molecule has 1 N–H and O–H groups in total. The van der Waals surface area contributed by atoms with Gasteiger partial charge >= 0.3 is 0 Å². The van der Waals surface area contributed by atoms with Gasteiger partial charge in [0.1, 0.15) is 23.1 Å². The maximum Gasteiger partial charge on any atom is 0.165 e. The monoisotopic (exact) mass is 191 g/mol. The van der Waals surface area contributed by atoms with E-state index in [2.05, 4.69) is 0 Å². The van der Waals surface area contributed by atoms with Gasteiger partial charge < -0.3 is 9.84 Å². The molecule has 0 aliphatic rings. The predicted octanol–water partition coefficient (Wildman–Crippen LogP) is 1.48. The average Bonchev–Trinajstić information content (AvgIpc) is 2.16. The molecule has 0 aliphatic carbocycles. The van der Waals surface area contributed by atoms with Gasteiger partial charge in [-0.25, -0.2) is 0 Å². The van der Waals surface area contributed by atoms with Gasteiger partial charge in [-0.15, -0.1) is 0 Å². The summed E-state index contributed by atoms with van der Waals surface area (Å²) in [5.74, 6) is -0.275. The molecule has 4 heteroatoms. The van der Waals surface area contributed by atoms with Gasteiger partial charge in [0.25, 0.3) is 0 Å². The number of hydrogen-bond acceptors (Lipinski definition) is 4. The van der Waals surface area contributed by atoms with Crippen LogP contribution < -0.4 is 4.74 Å². The van der Waals surface area contributed by atoms with E-state index < -0.39 is 0 Å². The largest absolute Gasteiger partial charge is 0.507 e. The fourth-order valence-electron chi connectivity index (χ4n) is 1.21. The molecule has 0 saturated heterocycles. The van der Waals surface area contributed by atoms with E-state index >= 15 is 0 Å². The molecular formula is C10H9NO3. The third-order valence-electron chi connectivity index (χ3n) is 1.83. The van der Waals surface area contributed by atoms with Crippen LogP contribution in [-0.4, -0.2) is 18.0 Å². The van der Waals surface area contributed by atoms with Crippen LogP contribution >= 0.6 is 0 Å². The molecule has 0 amide bonds. The fourth-order valence-corrected chi connectivity index (χ4v) is 1.21. The number of methoxy groups -OCH3 is 1. The molecule has 0 saturated carbocycles. The molecule has 0 unspecified atom stereocenters. The first-order chi connectivity index (χ1) is 6.61. The number of ether oxygens (including phenoxy) is 1. The Morgan fingerprint density at radius 1 is 1.57 bits per heavy atom. The van der Waals surface area contributed by atoms with Crippen molar-refractivity contribution >= 4 is 5.78 Å². The third-order valence-corrected chi connectivity index (χ3v) is 1.83. The van der Waals surface area contributed by atoms with E-state index in [1.165, 1.54) is 26.2 Å². The molecule has 0 aliphatic heterocycles. The molecular weight excluding hydrogens is 182 g/mol. The van der Waals surface area contributed by atoms with Crippen LogP contribution in [0.5, 0.6) is 11.5 Å². The van der Waals surface area contributed by atoms with Crippen LogP contribution in [0.4, 0.5) is 0 Å². The molecule has 0 radical (unpaired) electrons. The first-order valence-corrected chi connectivity index (χ1v) is 3.92. The van der Waals surface area contributed by atoms with Gasteiger partial charge in [-0.2, -0.15) is 5.26 Å². The maximum absolute atomic E-state index is 11.1. The third kappa shape index (κ3) is 1.52. The normalized spacial score (nSPS) is 9.21. The first kappa shape index (κ1) is 10.1. The number of phenols is 1. The van der Waals surface area contributed by atoms with E-state index in [-0.39, 0.29) is 28.4 Å². The highest BCUT2D eigenvalue weighted by molar-refractivity contribution is 5.99. The molecule has 0 bridgehead atoms. The summed E-state index contributed by atoms with van der Waals surface area (Å²) in [5.41, 5.74) is 0.0758. The first-order valence-electron chi connectivity index (χ1n) is 3.92. The number of nitriles is 1. The number of nitrogens with zero attached hydrogens (tertiary/aromatic N) is 1. The minimum atomic E-state index is -0.363. The van der Waals surface area contributed by atoms with Gasteiger partial charge in [0.2, 0.25) is 0 Å². The summed E-state index contributed by atoms with van der Waals surface area (Å²) in [6.07, 6.45) is 0. The summed E-state index contributed by atoms with van der Waals surface area (Å²) in [6.45, 7) is 1.29. The van der Waals surface area contributed by atoms with Gasteiger partial charge in [0.05, 0.1) is 12.7 Å². The second-order valence-electron chi connectivity index (χ2n) is 2.70. The van der Waals surface area contributed by atoms with Crippen molar-refractivity contribution in [2.75, 3.05) is 7.11 Å². The van der Waals surface area contributed by atoms with Gasteiger partial charge in [-0.3, -0.25) is 4.79 Å². The molecule has 1 aromatic carbocycles. The van der Waals surface area contributed by atoms with E-state index in [4.69, 9.17) is 10.00 Å². The number of aromatic hydroxyl groups is 1. The zero-order valence-electron chi connectivity index (χ0n) is 7.87. The van der Waals surface area contributed by atoms with Crippen molar-refractivity contribution in [2.24, 2.45) is 0 Å². The second kappa shape index (κ2) is 3.79. The van der Waals surface area contributed by atoms with Crippen molar-refractivity contribution in [1.82, 2.24) is 0 Å². The molecule has 72 valence electrons. The predicted molar refractivity (Wildman–Crippen MR) is 49.4 cm³/mol. The summed E-state index contributed by atoms with van der Waals surface area (Å²) in [6, 6.07) is 4.61. The SMILES string of the molecule is COc1ccc(O)c(C(C)=O)c1C#N. The molecule has 0 heterocycles. The van der Waals surface area contributed by atoms with Crippen molar-refractivity contribution < 1.29 is 14.6 Å². The molecule has 0 fully saturated rings. The zero-order valence-corrected chi connectivity index (χ0v) is 7.87.